The highest BCUT2D eigenvalue weighted by Gasteiger charge is 2.34. The summed E-state index contributed by atoms with van der Waals surface area (Å²) in [6, 6.07) is 28.2. The number of sulfonamides is 1. The summed E-state index contributed by atoms with van der Waals surface area (Å²) < 4.78 is 29.2. The number of nitrogens with one attached hydrogen (secondary N) is 1. The number of anilines is 1. The molecule has 0 radical (unpaired) electrons. The van der Waals surface area contributed by atoms with E-state index in [0.717, 1.165) is 21.0 Å². The molecule has 0 aromatic heterocycles. The first kappa shape index (κ1) is 33.1. The number of amides is 2. The van der Waals surface area contributed by atoms with Crippen molar-refractivity contribution in [2.45, 2.75) is 44.2 Å². The Hall–Kier alpha value is -3.85. The van der Waals surface area contributed by atoms with Crippen LogP contribution in [0.1, 0.15) is 30.0 Å². The van der Waals surface area contributed by atoms with Gasteiger partial charge in [-0.2, -0.15) is 0 Å². The van der Waals surface area contributed by atoms with Gasteiger partial charge in [-0.15, -0.1) is 0 Å². The highest BCUT2D eigenvalue weighted by Crippen LogP contribution is 2.27. The summed E-state index contributed by atoms with van der Waals surface area (Å²) in [6.07, 6.45) is 0.948. The molecule has 4 rings (SSSR count). The first-order chi connectivity index (χ1) is 21.1. The van der Waals surface area contributed by atoms with Crippen molar-refractivity contribution in [2.75, 3.05) is 17.4 Å². The Bertz CT molecular complexity index is 1670. The van der Waals surface area contributed by atoms with Crippen molar-refractivity contribution < 1.29 is 18.0 Å². The van der Waals surface area contributed by atoms with Crippen LogP contribution in [-0.4, -0.2) is 44.3 Å². The van der Waals surface area contributed by atoms with Crippen LogP contribution in [-0.2, 0) is 32.6 Å². The fourth-order valence-electron chi connectivity index (χ4n) is 4.70. The smallest absolute Gasteiger partial charge is 0.264 e. The molecule has 0 aliphatic rings. The summed E-state index contributed by atoms with van der Waals surface area (Å²) in [6.45, 7) is 3.74. The van der Waals surface area contributed by atoms with Crippen molar-refractivity contribution >= 4 is 50.7 Å². The van der Waals surface area contributed by atoms with Gasteiger partial charge in [-0.25, -0.2) is 8.42 Å². The Morgan fingerprint density at radius 2 is 1.50 bits per heavy atom. The van der Waals surface area contributed by atoms with Crippen LogP contribution in [0.3, 0.4) is 0 Å². The van der Waals surface area contributed by atoms with Crippen LogP contribution >= 0.6 is 23.2 Å². The first-order valence-electron chi connectivity index (χ1n) is 14.3. The highest BCUT2D eigenvalue weighted by molar-refractivity contribution is 7.92. The largest absolute Gasteiger partial charge is 0.354 e. The zero-order chi connectivity index (χ0) is 31.7. The van der Waals surface area contributed by atoms with E-state index < -0.39 is 28.5 Å². The van der Waals surface area contributed by atoms with Gasteiger partial charge in [-0.3, -0.25) is 13.9 Å². The normalized spacial score (nSPS) is 11.9. The average molecular weight is 653 g/mol. The summed E-state index contributed by atoms with van der Waals surface area (Å²) in [7, 11) is -4.20. The third-order valence-corrected chi connectivity index (χ3v) is 9.35. The number of carbonyl (C=O) groups excluding carboxylic acids is 2. The molecule has 0 fully saturated rings. The molecule has 2 amide bonds. The van der Waals surface area contributed by atoms with E-state index in [-0.39, 0.29) is 29.5 Å². The molecule has 1 N–H and O–H groups in total. The number of halogens is 2. The van der Waals surface area contributed by atoms with Gasteiger partial charge in [0.05, 0.1) is 10.6 Å². The maximum atomic E-state index is 14.4. The van der Waals surface area contributed by atoms with Crippen molar-refractivity contribution in [2.24, 2.45) is 0 Å². The predicted octanol–water partition coefficient (Wildman–Crippen LogP) is 6.66. The first-order valence-corrected chi connectivity index (χ1v) is 16.5. The third-order valence-electron chi connectivity index (χ3n) is 7.07. The summed E-state index contributed by atoms with van der Waals surface area (Å²) in [4.78, 5) is 29.6. The van der Waals surface area contributed by atoms with Gasteiger partial charge in [-0.05, 0) is 66.9 Å². The fraction of sp³-hybridized carbons (Fsp3) is 0.235. The van der Waals surface area contributed by atoms with Gasteiger partial charge in [-0.1, -0.05) is 96.4 Å². The van der Waals surface area contributed by atoms with Crippen LogP contribution in [0.2, 0.25) is 10.0 Å². The number of aryl methyl sites for hydroxylation is 1. The maximum Gasteiger partial charge on any atom is 0.264 e. The van der Waals surface area contributed by atoms with Crippen molar-refractivity contribution in [1.82, 2.24) is 10.2 Å². The standard InChI is InChI=1S/C34H35Cl2N3O4S/c1-3-20-37-34(41)32(21-26-8-5-4-6-9-26)38(23-27-14-16-28(35)17-15-27)33(40)24-39(30-11-7-10-29(36)22-30)44(42,43)31-18-12-25(2)13-19-31/h4-19,22,32H,3,20-21,23-24H2,1-2H3,(H,37,41)/t32-/m1/s1. The SMILES string of the molecule is CCCNC(=O)[C@@H](Cc1ccccc1)N(Cc1ccc(Cl)cc1)C(=O)CN(c1cccc(Cl)c1)S(=O)(=O)c1ccc(C)cc1. The molecule has 4 aromatic rings. The lowest BCUT2D eigenvalue weighted by Gasteiger charge is -2.34. The van der Waals surface area contributed by atoms with Gasteiger partial charge in [0, 0.05) is 29.6 Å². The second-order valence-corrected chi connectivity index (χ2v) is 13.2. The Kier molecular flexibility index (Phi) is 11.4. The van der Waals surface area contributed by atoms with Gasteiger partial charge >= 0.3 is 0 Å². The summed E-state index contributed by atoms with van der Waals surface area (Å²) in [5, 5.41) is 3.78. The molecule has 44 heavy (non-hydrogen) atoms. The lowest BCUT2D eigenvalue weighted by atomic mass is 10.0. The van der Waals surface area contributed by atoms with Crippen molar-refractivity contribution in [3.05, 3.63) is 130 Å². The molecular formula is C34H35Cl2N3O4S. The molecular weight excluding hydrogens is 617 g/mol. The molecule has 0 heterocycles. The minimum absolute atomic E-state index is 0.0293. The Morgan fingerprint density at radius 3 is 2.14 bits per heavy atom. The predicted molar refractivity (Wildman–Crippen MR) is 176 cm³/mol. The van der Waals surface area contributed by atoms with Crippen LogP contribution < -0.4 is 9.62 Å². The number of hydrogen-bond acceptors (Lipinski definition) is 4. The summed E-state index contributed by atoms with van der Waals surface area (Å²) in [5.41, 5.74) is 2.72. The Labute approximate surface area is 269 Å². The Morgan fingerprint density at radius 1 is 0.818 bits per heavy atom. The molecule has 0 aliphatic heterocycles. The second kappa shape index (κ2) is 15.2. The van der Waals surface area contributed by atoms with E-state index in [1.165, 1.54) is 23.1 Å². The van der Waals surface area contributed by atoms with Gasteiger partial charge in [0.25, 0.3) is 10.0 Å². The third kappa shape index (κ3) is 8.62. The molecule has 0 saturated carbocycles. The van der Waals surface area contributed by atoms with Crippen LogP contribution in [0.25, 0.3) is 0 Å². The molecule has 0 spiro atoms. The van der Waals surface area contributed by atoms with Gasteiger partial charge in [0.2, 0.25) is 11.8 Å². The summed E-state index contributed by atoms with van der Waals surface area (Å²) >= 11 is 12.4. The van der Waals surface area contributed by atoms with Crippen LogP contribution in [0.5, 0.6) is 0 Å². The number of hydrogen-bond donors (Lipinski definition) is 1. The van der Waals surface area contributed by atoms with Crippen LogP contribution in [0, 0.1) is 6.92 Å². The summed E-state index contributed by atoms with van der Waals surface area (Å²) in [5.74, 6) is -0.878. The van der Waals surface area contributed by atoms with Crippen LogP contribution in [0.4, 0.5) is 5.69 Å². The van der Waals surface area contributed by atoms with E-state index in [1.807, 2.05) is 44.2 Å². The van der Waals surface area contributed by atoms with E-state index in [2.05, 4.69) is 5.32 Å². The molecule has 230 valence electrons. The lowest BCUT2D eigenvalue weighted by Crippen LogP contribution is -2.53. The molecule has 10 heteroatoms. The average Bonchev–Trinajstić information content (AvgIpc) is 3.01. The maximum absolute atomic E-state index is 14.4. The van der Waals surface area contributed by atoms with Gasteiger partial charge < -0.3 is 10.2 Å². The molecule has 4 aromatic carbocycles. The molecule has 1 atom stereocenters. The van der Waals surface area contributed by atoms with E-state index in [0.29, 0.717) is 23.0 Å². The molecule has 7 nitrogen and oxygen atoms in total. The number of rotatable bonds is 13. The van der Waals surface area contributed by atoms with E-state index in [9.17, 15) is 18.0 Å². The number of carbonyl (C=O) groups is 2. The van der Waals surface area contributed by atoms with E-state index in [4.69, 9.17) is 23.2 Å². The minimum atomic E-state index is -4.20. The topological polar surface area (TPSA) is 86.8 Å². The van der Waals surface area contributed by atoms with Crippen molar-refractivity contribution in [3.63, 3.8) is 0 Å². The highest BCUT2D eigenvalue weighted by atomic mass is 35.5. The quantitative estimate of drug-likeness (QED) is 0.175. The number of benzene rings is 4. The molecule has 0 bridgehead atoms. The number of nitrogens with zero attached hydrogens (tertiary/aromatic N) is 2. The van der Waals surface area contributed by atoms with E-state index >= 15 is 0 Å². The molecule has 0 unspecified atom stereocenters. The van der Waals surface area contributed by atoms with Gasteiger partial charge in [0.1, 0.15) is 12.6 Å². The Balaban J connectivity index is 1.79. The minimum Gasteiger partial charge on any atom is -0.354 e. The zero-order valence-electron chi connectivity index (χ0n) is 24.6. The monoisotopic (exact) mass is 651 g/mol. The van der Waals surface area contributed by atoms with Gasteiger partial charge in [0.15, 0.2) is 0 Å². The second-order valence-electron chi connectivity index (χ2n) is 10.4. The van der Waals surface area contributed by atoms with Crippen molar-refractivity contribution in [3.8, 4) is 0 Å². The molecule has 0 saturated heterocycles. The molecule has 0 aliphatic carbocycles. The van der Waals surface area contributed by atoms with E-state index in [1.54, 1.807) is 54.6 Å². The lowest BCUT2D eigenvalue weighted by molar-refractivity contribution is -0.140. The van der Waals surface area contributed by atoms with Crippen LogP contribution in [0.15, 0.2) is 108 Å². The van der Waals surface area contributed by atoms with Crippen molar-refractivity contribution in [1.29, 1.82) is 0 Å². The fourth-order valence-corrected chi connectivity index (χ4v) is 6.42. The zero-order valence-corrected chi connectivity index (χ0v) is 26.9.